The van der Waals surface area contributed by atoms with Crippen LogP contribution in [0, 0.1) is 13.8 Å². The van der Waals surface area contributed by atoms with Crippen molar-refractivity contribution in [1.29, 1.82) is 0 Å². The van der Waals surface area contributed by atoms with E-state index >= 15 is 0 Å². The Morgan fingerprint density at radius 2 is 2.27 bits per heavy atom. The summed E-state index contributed by atoms with van der Waals surface area (Å²) in [5.41, 5.74) is 3.39. The summed E-state index contributed by atoms with van der Waals surface area (Å²) in [6.45, 7) is 6.67. The van der Waals surface area contributed by atoms with Gasteiger partial charge in [0.2, 0.25) is 0 Å². The van der Waals surface area contributed by atoms with Crippen LogP contribution < -0.4 is 0 Å². The van der Waals surface area contributed by atoms with Crippen LogP contribution in [0.25, 0.3) is 0 Å². The second kappa shape index (κ2) is 3.32. The predicted molar refractivity (Wildman–Crippen MR) is 45.9 cm³/mol. The van der Waals surface area contributed by atoms with Crippen LogP contribution in [0.15, 0.2) is 4.99 Å². The quantitative estimate of drug-likeness (QED) is 0.641. The monoisotopic (exact) mass is 151 g/mol. The van der Waals surface area contributed by atoms with Gasteiger partial charge in [0.15, 0.2) is 0 Å². The highest BCUT2D eigenvalue weighted by atomic mass is 15.1. The first-order valence-electron chi connectivity index (χ1n) is 3.70. The number of hydrogen-bond donors (Lipinski definition) is 1. The Hall–Kier alpha value is -1.12. The van der Waals surface area contributed by atoms with Gasteiger partial charge in [-0.1, -0.05) is 0 Å². The van der Waals surface area contributed by atoms with E-state index in [9.17, 15) is 0 Å². The van der Waals surface area contributed by atoms with E-state index < -0.39 is 0 Å². The molecule has 0 aliphatic carbocycles. The third-order valence-electron chi connectivity index (χ3n) is 1.78. The molecule has 3 heteroatoms. The standard InChI is InChI=1S/C8H13N3/c1-4-9-5-8-6(2)7(3)10-11-8/h4H,5H2,1-3H3,(H,10,11). The summed E-state index contributed by atoms with van der Waals surface area (Å²) in [4.78, 5) is 4.11. The molecule has 0 aromatic carbocycles. The van der Waals surface area contributed by atoms with Crippen molar-refractivity contribution in [2.75, 3.05) is 0 Å². The lowest BCUT2D eigenvalue weighted by molar-refractivity contribution is 0.938. The SMILES string of the molecule is CC=NCc1n[nH]c(C)c1C. The topological polar surface area (TPSA) is 41.0 Å². The number of aryl methyl sites for hydroxylation is 1. The van der Waals surface area contributed by atoms with Gasteiger partial charge in [0, 0.05) is 5.69 Å². The molecule has 1 aromatic rings. The highest BCUT2D eigenvalue weighted by molar-refractivity contribution is 5.53. The van der Waals surface area contributed by atoms with Crippen LogP contribution in [0.2, 0.25) is 0 Å². The predicted octanol–water partition coefficient (Wildman–Crippen LogP) is 1.62. The van der Waals surface area contributed by atoms with Crippen LogP contribution in [0.5, 0.6) is 0 Å². The third kappa shape index (κ3) is 1.67. The summed E-state index contributed by atoms with van der Waals surface area (Å²) in [5, 5.41) is 7.04. The van der Waals surface area contributed by atoms with Gasteiger partial charge in [-0.25, -0.2) is 0 Å². The molecule has 0 amide bonds. The maximum Gasteiger partial charge on any atom is 0.0867 e. The normalized spacial score (nSPS) is 11.2. The number of aliphatic imine (C=N–C) groups is 1. The molecule has 0 bridgehead atoms. The summed E-state index contributed by atoms with van der Waals surface area (Å²) in [6.07, 6.45) is 1.80. The van der Waals surface area contributed by atoms with E-state index in [1.807, 2.05) is 13.8 Å². The number of aromatic amines is 1. The van der Waals surface area contributed by atoms with E-state index in [-0.39, 0.29) is 0 Å². The molecule has 0 atom stereocenters. The van der Waals surface area contributed by atoms with E-state index in [0.717, 1.165) is 11.4 Å². The van der Waals surface area contributed by atoms with Gasteiger partial charge in [-0.05, 0) is 32.5 Å². The first kappa shape index (κ1) is 7.98. The lowest BCUT2D eigenvalue weighted by atomic mass is 10.2. The highest BCUT2D eigenvalue weighted by Gasteiger charge is 2.02. The Balaban J connectivity index is 2.78. The van der Waals surface area contributed by atoms with Crippen molar-refractivity contribution in [2.45, 2.75) is 27.3 Å². The van der Waals surface area contributed by atoms with Gasteiger partial charge in [-0.2, -0.15) is 5.10 Å². The zero-order chi connectivity index (χ0) is 8.27. The van der Waals surface area contributed by atoms with Crippen LogP contribution in [0.3, 0.4) is 0 Å². The Labute approximate surface area is 66.5 Å². The van der Waals surface area contributed by atoms with Crippen LogP contribution in [-0.4, -0.2) is 16.4 Å². The molecule has 0 radical (unpaired) electrons. The Kier molecular flexibility index (Phi) is 2.41. The molecule has 0 aliphatic rings. The van der Waals surface area contributed by atoms with E-state index in [1.54, 1.807) is 6.21 Å². The molecule has 0 spiro atoms. The Bertz CT molecular complexity index is 260. The summed E-state index contributed by atoms with van der Waals surface area (Å²) in [7, 11) is 0. The molecule has 0 fully saturated rings. The van der Waals surface area contributed by atoms with Crippen molar-refractivity contribution < 1.29 is 0 Å². The molecule has 60 valence electrons. The average Bonchev–Trinajstić information content (AvgIpc) is 2.31. The second-order valence-corrected chi connectivity index (χ2v) is 2.52. The largest absolute Gasteiger partial charge is 0.291 e. The van der Waals surface area contributed by atoms with Crippen LogP contribution >= 0.6 is 0 Å². The fraction of sp³-hybridized carbons (Fsp3) is 0.500. The number of rotatable bonds is 2. The van der Waals surface area contributed by atoms with E-state index in [4.69, 9.17) is 0 Å². The summed E-state index contributed by atoms with van der Waals surface area (Å²) in [5.74, 6) is 0. The molecule has 0 aliphatic heterocycles. The van der Waals surface area contributed by atoms with Crippen LogP contribution in [0.4, 0.5) is 0 Å². The minimum atomic E-state index is 0.687. The minimum Gasteiger partial charge on any atom is -0.291 e. The summed E-state index contributed by atoms with van der Waals surface area (Å²) in [6, 6.07) is 0. The highest BCUT2D eigenvalue weighted by Crippen LogP contribution is 2.08. The molecule has 0 saturated carbocycles. The maximum atomic E-state index is 4.11. The molecule has 1 N–H and O–H groups in total. The van der Waals surface area contributed by atoms with Crippen molar-refractivity contribution in [2.24, 2.45) is 4.99 Å². The molecule has 0 saturated heterocycles. The van der Waals surface area contributed by atoms with Crippen molar-refractivity contribution in [3.63, 3.8) is 0 Å². The molecule has 1 heterocycles. The third-order valence-corrected chi connectivity index (χ3v) is 1.78. The maximum absolute atomic E-state index is 4.11. The summed E-state index contributed by atoms with van der Waals surface area (Å²) < 4.78 is 0. The zero-order valence-electron chi connectivity index (χ0n) is 7.18. The molecule has 1 aromatic heterocycles. The van der Waals surface area contributed by atoms with Crippen LogP contribution in [-0.2, 0) is 6.54 Å². The number of aromatic nitrogens is 2. The molecule has 11 heavy (non-hydrogen) atoms. The van der Waals surface area contributed by atoms with Gasteiger partial charge in [0.1, 0.15) is 0 Å². The van der Waals surface area contributed by atoms with Crippen molar-refractivity contribution in [3.8, 4) is 0 Å². The fourth-order valence-electron chi connectivity index (χ4n) is 0.867. The van der Waals surface area contributed by atoms with Gasteiger partial charge < -0.3 is 0 Å². The average molecular weight is 151 g/mol. The Morgan fingerprint density at radius 3 is 2.73 bits per heavy atom. The number of nitrogens with one attached hydrogen (secondary N) is 1. The van der Waals surface area contributed by atoms with E-state index in [1.165, 1.54) is 5.56 Å². The van der Waals surface area contributed by atoms with Crippen LogP contribution in [0.1, 0.15) is 23.9 Å². The fourth-order valence-corrected chi connectivity index (χ4v) is 0.867. The van der Waals surface area contributed by atoms with Gasteiger partial charge in [-0.3, -0.25) is 10.1 Å². The van der Waals surface area contributed by atoms with Gasteiger partial charge >= 0.3 is 0 Å². The van der Waals surface area contributed by atoms with Crippen molar-refractivity contribution in [3.05, 3.63) is 17.0 Å². The number of hydrogen-bond acceptors (Lipinski definition) is 2. The van der Waals surface area contributed by atoms with Crippen molar-refractivity contribution >= 4 is 6.21 Å². The molecule has 0 unspecified atom stereocenters. The number of nitrogens with zero attached hydrogens (tertiary/aromatic N) is 2. The molecular weight excluding hydrogens is 138 g/mol. The molecular formula is C8H13N3. The molecule has 3 nitrogen and oxygen atoms in total. The zero-order valence-corrected chi connectivity index (χ0v) is 7.18. The van der Waals surface area contributed by atoms with Gasteiger partial charge in [-0.15, -0.1) is 0 Å². The first-order chi connectivity index (χ1) is 5.25. The summed E-state index contributed by atoms with van der Waals surface area (Å²) >= 11 is 0. The van der Waals surface area contributed by atoms with Crippen molar-refractivity contribution in [1.82, 2.24) is 10.2 Å². The second-order valence-electron chi connectivity index (χ2n) is 2.52. The van der Waals surface area contributed by atoms with E-state index in [2.05, 4.69) is 22.1 Å². The van der Waals surface area contributed by atoms with E-state index in [0.29, 0.717) is 6.54 Å². The smallest absolute Gasteiger partial charge is 0.0867 e. The Morgan fingerprint density at radius 1 is 1.55 bits per heavy atom. The first-order valence-corrected chi connectivity index (χ1v) is 3.70. The molecule has 1 rings (SSSR count). The lowest BCUT2D eigenvalue weighted by Gasteiger charge is -1.90. The van der Waals surface area contributed by atoms with Gasteiger partial charge in [0.05, 0.1) is 12.2 Å². The lowest BCUT2D eigenvalue weighted by Crippen LogP contribution is -1.84. The van der Waals surface area contributed by atoms with Gasteiger partial charge in [0.25, 0.3) is 0 Å². The number of H-pyrrole nitrogens is 1. The minimum absolute atomic E-state index is 0.687.